The minimum absolute atomic E-state index is 0.267. The summed E-state index contributed by atoms with van der Waals surface area (Å²) in [6.45, 7) is 0. The average Bonchev–Trinajstić information content (AvgIpc) is 3.08. The van der Waals surface area contributed by atoms with Crippen molar-refractivity contribution < 1.29 is 14.6 Å². The molecule has 0 spiro atoms. The number of benzene rings is 2. The van der Waals surface area contributed by atoms with Crippen LogP contribution in [0.2, 0.25) is 0 Å². The molecule has 2 atom stereocenters. The van der Waals surface area contributed by atoms with Crippen molar-refractivity contribution in [3.8, 4) is 5.75 Å². The molecular formula is C22H26O3. The summed E-state index contributed by atoms with van der Waals surface area (Å²) in [6.07, 6.45) is 6.57. The highest BCUT2D eigenvalue weighted by atomic mass is 16.5. The molecule has 0 aliphatic heterocycles. The number of aryl methyl sites for hydroxylation is 1. The molecule has 1 fully saturated rings. The Morgan fingerprint density at radius 1 is 1.00 bits per heavy atom. The topological polar surface area (TPSA) is 46.5 Å². The molecule has 2 aromatic rings. The maximum atomic E-state index is 10.5. The lowest BCUT2D eigenvalue weighted by Gasteiger charge is -2.14. The van der Waals surface area contributed by atoms with E-state index >= 15 is 0 Å². The van der Waals surface area contributed by atoms with E-state index in [0.29, 0.717) is 12.0 Å². The Morgan fingerprint density at radius 2 is 1.76 bits per heavy atom. The van der Waals surface area contributed by atoms with Crippen LogP contribution in [0.1, 0.15) is 55.6 Å². The van der Waals surface area contributed by atoms with Crippen LogP contribution in [-0.2, 0) is 11.2 Å². The van der Waals surface area contributed by atoms with Crippen LogP contribution < -0.4 is 4.74 Å². The third kappa shape index (κ3) is 5.35. The summed E-state index contributed by atoms with van der Waals surface area (Å²) in [6, 6.07) is 18.9. The van der Waals surface area contributed by atoms with E-state index in [1.54, 1.807) is 0 Å². The number of carbonyl (C=O) groups is 1. The quantitative estimate of drug-likeness (QED) is 0.673. The minimum atomic E-state index is -0.705. The monoisotopic (exact) mass is 338 g/mol. The van der Waals surface area contributed by atoms with Gasteiger partial charge in [0.25, 0.3) is 0 Å². The number of aliphatic carboxylic acids is 1. The van der Waals surface area contributed by atoms with Gasteiger partial charge in [-0.25, -0.2) is 0 Å². The van der Waals surface area contributed by atoms with Crippen molar-refractivity contribution in [2.24, 2.45) is 0 Å². The molecule has 1 aliphatic carbocycles. The van der Waals surface area contributed by atoms with Gasteiger partial charge in [-0.1, -0.05) is 42.5 Å². The number of unbranched alkanes of at least 4 members (excludes halogenated alkanes) is 1. The maximum absolute atomic E-state index is 10.5. The van der Waals surface area contributed by atoms with Crippen LogP contribution in [0, 0.1) is 0 Å². The molecule has 3 rings (SSSR count). The molecule has 1 saturated carbocycles. The number of hydrogen-bond acceptors (Lipinski definition) is 2. The van der Waals surface area contributed by atoms with Gasteiger partial charge in [0.15, 0.2) is 0 Å². The molecule has 0 heterocycles. The number of rotatable bonds is 8. The van der Waals surface area contributed by atoms with Gasteiger partial charge in [-0.15, -0.1) is 0 Å². The van der Waals surface area contributed by atoms with Crippen LogP contribution in [0.5, 0.6) is 5.75 Å². The van der Waals surface area contributed by atoms with E-state index in [2.05, 4.69) is 24.3 Å². The summed E-state index contributed by atoms with van der Waals surface area (Å²) in [5.41, 5.74) is 2.69. The molecule has 3 nitrogen and oxygen atoms in total. The Balaban J connectivity index is 1.47. The molecule has 25 heavy (non-hydrogen) atoms. The van der Waals surface area contributed by atoms with Crippen molar-refractivity contribution in [3.63, 3.8) is 0 Å². The summed E-state index contributed by atoms with van der Waals surface area (Å²) in [7, 11) is 0. The zero-order valence-corrected chi connectivity index (χ0v) is 14.6. The summed E-state index contributed by atoms with van der Waals surface area (Å²) in [4.78, 5) is 10.5. The largest absolute Gasteiger partial charge is 0.490 e. The Kier molecular flexibility index (Phi) is 6.10. The summed E-state index contributed by atoms with van der Waals surface area (Å²) >= 11 is 0. The molecule has 2 unspecified atom stereocenters. The van der Waals surface area contributed by atoms with Crippen molar-refractivity contribution in [1.82, 2.24) is 0 Å². The highest BCUT2D eigenvalue weighted by molar-refractivity contribution is 5.66. The Labute approximate surface area is 149 Å². The molecule has 1 N–H and O–H groups in total. The predicted molar refractivity (Wildman–Crippen MR) is 99.1 cm³/mol. The van der Waals surface area contributed by atoms with E-state index in [1.807, 2.05) is 30.3 Å². The Hall–Kier alpha value is -2.29. The molecule has 2 aromatic carbocycles. The van der Waals surface area contributed by atoms with E-state index < -0.39 is 5.97 Å². The standard InChI is InChI=1S/C22H26O3/c23-22(24)9-5-4-6-17-10-12-18(13-11-17)19-14-15-21(16-19)25-20-7-2-1-3-8-20/h1-3,7-8,10-13,19,21H,4-6,9,14-16H2,(H,23,24). The minimum Gasteiger partial charge on any atom is -0.490 e. The molecular weight excluding hydrogens is 312 g/mol. The Morgan fingerprint density at radius 3 is 2.48 bits per heavy atom. The van der Waals surface area contributed by atoms with Gasteiger partial charge in [0.1, 0.15) is 5.75 Å². The van der Waals surface area contributed by atoms with Gasteiger partial charge in [-0.05, 0) is 67.7 Å². The number of ether oxygens (including phenoxy) is 1. The molecule has 0 aromatic heterocycles. The number of carboxylic acid groups (broad SMARTS) is 1. The molecule has 132 valence electrons. The van der Waals surface area contributed by atoms with E-state index in [1.165, 1.54) is 17.5 Å². The van der Waals surface area contributed by atoms with E-state index in [0.717, 1.165) is 37.9 Å². The fraction of sp³-hybridized carbons (Fsp3) is 0.409. The second-order valence-electron chi connectivity index (χ2n) is 6.91. The zero-order chi connectivity index (χ0) is 17.5. The maximum Gasteiger partial charge on any atom is 0.303 e. The van der Waals surface area contributed by atoms with Crippen molar-refractivity contribution >= 4 is 5.97 Å². The second kappa shape index (κ2) is 8.70. The van der Waals surface area contributed by atoms with Crippen molar-refractivity contribution in [3.05, 3.63) is 65.7 Å². The van der Waals surface area contributed by atoms with Crippen LogP contribution >= 0.6 is 0 Å². The fourth-order valence-electron chi connectivity index (χ4n) is 3.60. The van der Waals surface area contributed by atoms with E-state index in [-0.39, 0.29) is 6.42 Å². The lowest BCUT2D eigenvalue weighted by molar-refractivity contribution is -0.137. The van der Waals surface area contributed by atoms with Gasteiger partial charge in [0.05, 0.1) is 6.10 Å². The van der Waals surface area contributed by atoms with Crippen molar-refractivity contribution in [2.45, 2.75) is 57.0 Å². The number of para-hydroxylation sites is 1. The van der Waals surface area contributed by atoms with Crippen molar-refractivity contribution in [2.75, 3.05) is 0 Å². The number of hydrogen-bond donors (Lipinski definition) is 1. The lowest BCUT2D eigenvalue weighted by Crippen LogP contribution is -2.11. The highest BCUT2D eigenvalue weighted by Crippen LogP contribution is 2.36. The molecule has 0 bridgehead atoms. The first-order chi connectivity index (χ1) is 12.2. The molecule has 1 aliphatic rings. The molecule has 3 heteroatoms. The van der Waals surface area contributed by atoms with E-state index in [4.69, 9.17) is 9.84 Å². The second-order valence-corrected chi connectivity index (χ2v) is 6.91. The summed E-state index contributed by atoms with van der Waals surface area (Å²) in [5, 5.41) is 8.67. The first kappa shape index (κ1) is 17.5. The van der Waals surface area contributed by atoms with Gasteiger partial charge in [0.2, 0.25) is 0 Å². The molecule has 0 amide bonds. The first-order valence-corrected chi connectivity index (χ1v) is 9.23. The lowest BCUT2D eigenvalue weighted by atomic mass is 9.95. The van der Waals surface area contributed by atoms with Gasteiger partial charge in [-0.2, -0.15) is 0 Å². The normalized spacial score (nSPS) is 19.7. The first-order valence-electron chi connectivity index (χ1n) is 9.23. The third-order valence-electron chi connectivity index (χ3n) is 4.99. The average molecular weight is 338 g/mol. The van der Waals surface area contributed by atoms with Gasteiger partial charge >= 0.3 is 5.97 Å². The summed E-state index contributed by atoms with van der Waals surface area (Å²) < 4.78 is 6.09. The van der Waals surface area contributed by atoms with Crippen LogP contribution in [0.15, 0.2) is 54.6 Å². The van der Waals surface area contributed by atoms with Crippen LogP contribution in [0.3, 0.4) is 0 Å². The third-order valence-corrected chi connectivity index (χ3v) is 4.99. The van der Waals surface area contributed by atoms with Gasteiger partial charge in [0, 0.05) is 6.42 Å². The summed E-state index contributed by atoms with van der Waals surface area (Å²) in [5.74, 6) is 0.837. The SMILES string of the molecule is O=C(O)CCCCc1ccc(C2CCC(Oc3ccccc3)C2)cc1. The van der Waals surface area contributed by atoms with Gasteiger partial charge < -0.3 is 9.84 Å². The Bertz CT molecular complexity index is 663. The fourth-order valence-corrected chi connectivity index (χ4v) is 3.60. The van der Waals surface area contributed by atoms with Crippen molar-refractivity contribution in [1.29, 1.82) is 0 Å². The van der Waals surface area contributed by atoms with Gasteiger partial charge in [-0.3, -0.25) is 4.79 Å². The van der Waals surface area contributed by atoms with Crippen LogP contribution in [-0.4, -0.2) is 17.2 Å². The molecule has 0 radical (unpaired) electrons. The van der Waals surface area contributed by atoms with Crippen LogP contribution in [0.25, 0.3) is 0 Å². The van der Waals surface area contributed by atoms with E-state index in [9.17, 15) is 4.79 Å². The highest BCUT2D eigenvalue weighted by Gasteiger charge is 2.27. The molecule has 0 saturated heterocycles. The zero-order valence-electron chi connectivity index (χ0n) is 14.6. The number of carboxylic acids is 1. The smallest absolute Gasteiger partial charge is 0.303 e. The predicted octanol–water partition coefficient (Wildman–Crippen LogP) is 5.20. The van der Waals surface area contributed by atoms with Crippen LogP contribution in [0.4, 0.5) is 0 Å².